The molecule has 0 rings (SSSR count). The van der Waals surface area contributed by atoms with E-state index >= 15 is 0 Å². The lowest BCUT2D eigenvalue weighted by molar-refractivity contribution is 3.53. The summed E-state index contributed by atoms with van der Waals surface area (Å²) >= 11 is 2.62. The minimum absolute atomic E-state index is 0.806. The molecule has 0 unspecified atom stereocenters. The highest BCUT2D eigenvalue weighted by Crippen LogP contribution is 2.03. The Bertz CT molecular complexity index is 108. The van der Waals surface area contributed by atoms with Crippen LogP contribution in [0.3, 0.4) is 0 Å². The van der Waals surface area contributed by atoms with E-state index in [0.29, 0.717) is 0 Å². The summed E-state index contributed by atoms with van der Waals surface area (Å²) in [5, 5.41) is 0. The first kappa shape index (κ1) is 13.4. The molecule has 0 aromatic rings. The Labute approximate surface area is 98.2 Å². The van der Waals surface area contributed by atoms with Crippen molar-refractivity contribution in [3.8, 4) is 0 Å². The average Bonchev–Trinajstić information content (AvgIpc) is 1.85. The first-order chi connectivity index (χ1) is 5.37. The van der Waals surface area contributed by atoms with Crippen molar-refractivity contribution >= 4 is 98.7 Å². The highest BCUT2D eigenvalue weighted by molar-refractivity contribution is 14.1. The lowest BCUT2D eigenvalue weighted by Crippen LogP contribution is -2.64. The Hall–Kier alpha value is 1.44. The van der Waals surface area contributed by atoms with Gasteiger partial charge in [0.25, 0.3) is 0 Å². The van der Waals surface area contributed by atoms with Gasteiger partial charge in [-0.15, -0.1) is 0 Å². The van der Waals surface area contributed by atoms with Crippen LogP contribution in [0.5, 0.6) is 0 Å². The van der Waals surface area contributed by atoms with E-state index in [0.717, 1.165) is 29.9 Å². The predicted octanol–water partition coefficient (Wildman–Crippen LogP) is -6.52. The summed E-state index contributed by atoms with van der Waals surface area (Å²) in [5.41, 5.74) is 0. The molecule has 0 saturated carbocycles. The van der Waals surface area contributed by atoms with Crippen LogP contribution in [0.4, 0.5) is 0 Å². The van der Waals surface area contributed by atoms with E-state index in [9.17, 15) is 0 Å². The van der Waals surface area contributed by atoms with E-state index in [1.807, 2.05) is 0 Å². The van der Waals surface area contributed by atoms with Crippen LogP contribution in [-0.4, -0.2) is 76.3 Å². The van der Waals surface area contributed by atoms with Gasteiger partial charge in [0.2, 0.25) is 0 Å². The standard InChI is InChI=1S/B11H12I/c1-7(2)10(8(3)4)11(12)9(5)6/h1-6H2. The van der Waals surface area contributed by atoms with Crippen molar-refractivity contribution in [1.29, 1.82) is 0 Å². The van der Waals surface area contributed by atoms with Crippen LogP contribution < -0.4 is 0 Å². The largest absolute Gasteiger partial charge is 0.173 e. The van der Waals surface area contributed by atoms with Crippen molar-refractivity contribution in [3.63, 3.8) is 0 Å². The highest BCUT2D eigenvalue weighted by Gasteiger charge is 2.34. The van der Waals surface area contributed by atoms with Crippen molar-refractivity contribution in [3.05, 3.63) is 0 Å². The minimum atomic E-state index is 0.806. The summed E-state index contributed by atoms with van der Waals surface area (Å²) in [6.07, 6.45) is 3.30. The SMILES string of the molecule is BB(B)B(I)B(B(B)B)B(B)B. The molecule has 0 aromatic heterocycles. The zero-order chi connectivity index (χ0) is 9.89. The van der Waals surface area contributed by atoms with E-state index in [2.05, 4.69) is 68.8 Å². The minimum Gasteiger partial charge on any atom is -0.173 e. The van der Waals surface area contributed by atoms with Gasteiger partial charge in [-0.1, -0.05) is 0 Å². The molecule has 12 heavy (non-hydrogen) atoms. The molecule has 0 aliphatic rings. The second-order valence-corrected chi connectivity index (χ2v) is 6.19. The molecular formula is H12B11I. The fourth-order valence-electron chi connectivity index (χ4n) is 1.95. The second kappa shape index (κ2) is 6.03. The fourth-order valence-corrected chi connectivity index (χ4v) is 3.61. The van der Waals surface area contributed by atoms with Crippen LogP contribution in [0, 0.1) is 0 Å². The van der Waals surface area contributed by atoms with Crippen molar-refractivity contribution < 1.29 is 0 Å². The van der Waals surface area contributed by atoms with Crippen molar-refractivity contribution in [2.24, 2.45) is 0 Å². The van der Waals surface area contributed by atoms with Crippen LogP contribution >= 0.6 is 22.4 Å². The van der Waals surface area contributed by atoms with Crippen molar-refractivity contribution in [1.82, 2.24) is 0 Å². The molecule has 12 heteroatoms. The van der Waals surface area contributed by atoms with Gasteiger partial charge in [0.15, 0.2) is 0 Å². The van der Waals surface area contributed by atoms with Gasteiger partial charge in [0.1, 0.15) is 4.35 Å². The zero-order valence-corrected chi connectivity index (χ0v) is 11.4. The summed E-state index contributed by atoms with van der Waals surface area (Å²) in [6, 6.07) is 0. The van der Waals surface area contributed by atoms with Gasteiger partial charge in [0.05, 0.1) is 46.4 Å². The Morgan fingerprint density at radius 3 is 1.08 bits per heavy atom. The summed E-state index contributed by atoms with van der Waals surface area (Å²) < 4.78 is 0.822. The van der Waals surface area contributed by atoms with Crippen LogP contribution in [-0.2, 0) is 0 Å². The first-order valence-electron chi connectivity index (χ1n) is 5.02. The van der Waals surface area contributed by atoms with E-state index in [1.54, 1.807) is 0 Å². The normalized spacial score (nSPS) is 8.75. The Kier molecular flexibility index (Phi) is 6.75. The van der Waals surface area contributed by atoms with E-state index in [1.165, 1.54) is 0 Å². The van der Waals surface area contributed by atoms with Gasteiger partial charge in [-0.3, -0.25) is 0 Å². The molecule has 0 aromatic carbocycles. The molecular weight excluding hydrogens is 246 g/mol. The predicted molar refractivity (Wildman–Crippen MR) is 94.1 cm³/mol. The summed E-state index contributed by atoms with van der Waals surface area (Å²) in [6.45, 7) is 0. The van der Waals surface area contributed by atoms with E-state index in [-0.39, 0.29) is 0 Å². The highest BCUT2D eigenvalue weighted by atomic mass is 127. The maximum absolute atomic E-state index is 2.62. The molecule has 0 atom stereocenters. The molecule has 0 aliphatic carbocycles. The first-order valence-corrected chi connectivity index (χ1v) is 6.26. The van der Waals surface area contributed by atoms with Gasteiger partial charge in [-0.05, 0) is 0 Å². The Morgan fingerprint density at radius 1 is 0.667 bits per heavy atom. The van der Waals surface area contributed by atoms with Crippen LogP contribution in [0.25, 0.3) is 0 Å². The number of hydrogen-bond acceptors (Lipinski definition) is 0. The molecule has 0 amide bonds. The van der Waals surface area contributed by atoms with Crippen molar-refractivity contribution in [2.45, 2.75) is 0 Å². The van der Waals surface area contributed by atoms with Gasteiger partial charge in [-0.25, -0.2) is 0 Å². The third kappa shape index (κ3) is 4.10. The van der Waals surface area contributed by atoms with Crippen molar-refractivity contribution in [2.75, 3.05) is 0 Å². The fraction of sp³-hybridized carbons (Fsp3) is 0. The summed E-state index contributed by atoms with van der Waals surface area (Å²) in [4.78, 5) is 0. The van der Waals surface area contributed by atoms with Gasteiger partial charge >= 0.3 is 0 Å². The maximum atomic E-state index is 2.62. The van der Waals surface area contributed by atoms with Gasteiger partial charge in [-0.2, -0.15) is 22.4 Å². The molecule has 0 fully saturated rings. The topological polar surface area (TPSA) is 0 Å². The molecule has 0 radical (unpaired) electrons. The molecule has 0 spiro atoms. The smallest absolute Gasteiger partial charge is 0.122 e. The summed E-state index contributed by atoms with van der Waals surface area (Å²) in [5.74, 6) is 0. The van der Waals surface area contributed by atoms with E-state index < -0.39 is 0 Å². The van der Waals surface area contributed by atoms with Crippen LogP contribution in [0.1, 0.15) is 0 Å². The number of hydrogen-bond donors (Lipinski definition) is 0. The molecule has 52 valence electrons. The molecule has 0 heterocycles. The number of halogens is 1. The third-order valence-electron chi connectivity index (χ3n) is 2.54. The monoisotopic (exact) mass is 260 g/mol. The lowest BCUT2D eigenvalue weighted by Gasteiger charge is -2.25. The molecule has 0 nitrogen and oxygen atoms in total. The second-order valence-electron chi connectivity index (χ2n) is 4.75. The van der Waals surface area contributed by atoms with Crippen LogP contribution in [0.15, 0.2) is 0 Å². The van der Waals surface area contributed by atoms with Crippen LogP contribution in [0.2, 0.25) is 0 Å². The molecule has 0 bridgehead atoms. The van der Waals surface area contributed by atoms with Gasteiger partial charge in [0, 0.05) is 25.5 Å². The zero-order valence-electron chi connectivity index (χ0n) is 9.26. The van der Waals surface area contributed by atoms with E-state index in [4.69, 9.17) is 0 Å². The third-order valence-corrected chi connectivity index (χ3v) is 4.81. The molecule has 0 aliphatic heterocycles. The Morgan fingerprint density at radius 2 is 1.00 bits per heavy atom. The maximum Gasteiger partial charge on any atom is 0.122 e. The molecule has 0 saturated heterocycles. The Balaban J connectivity index is 4.30. The van der Waals surface area contributed by atoms with Gasteiger partial charge < -0.3 is 0 Å². The molecule has 0 N–H and O–H groups in total. The lowest BCUT2D eigenvalue weighted by atomic mass is 8.60. The average molecular weight is 258 g/mol. The number of rotatable bonds is 4. The quantitative estimate of drug-likeness (QED) is 0.347. The summed E-state index contributed by atoms with van der Waals surface area (Å²) in [7, 11) is 14.0.